The van der Waals surface area contributed by atoms with E-state index in [-0.39, 0.29) is 5.92 Å². The molecule has 1 heterocycles. The molecule has 1 aliphatic heterocycles. The molecule has 4 heteroatoms. The second kappa shape index (κ2) is 2.68. The number of carboxylic acid groups (broad SMARTS) is 1. The van der Waals surface area contributed by atoms with E-state index < -0.39 is 5.97 Å². The molecule has 1 amide bonds. The second-order valence-corrected chi connectivity index (χ2v) is 2.42. The predicted molar refractivity (Wildman–Crippen MR) is 33.4 cm³/mol. The van der Waals surface area contributed by atoms with Gasteiger partial charge in [-0.1, -0.05) is 0 Å². The summed E-state index contributed by atoms with van der Waals surface area (Å²) < 4.78 is 0. The van der Waals surface area contributed by atoms with Crippen LogP contribution >= 0.6 is 0 Å². The molecule has 1 fully saturated rings. The largest absolute Gasteiger partial charge is 0.481 e. The molecular formula is C6H9NO3. The standard InChI is InChI=1S/C6H9NO3/c8-4-7-2-1-5(3-7)6(9)10/h4-5H,1-3H2,(H,9,10)/t5-/m0/s1. The molecule has 0 radical (unpaired) electrons. The van der Waals surface area contributed by atoms with Crippen LogP contribution in [0.25, 0.3) is 0 Å². The molecule has 0 aliphatic carbocycles. The smallest absolute Gasteiger partial charge is 0.308 e. The maximum absolute atomic E-state index is 10.3. The number of hydrogen-bond donors (Lipinski definition) is 1. The summed E-state index contributed by atoms with van der Waals surface area (Å²) in [7, 11) is 0. The van der Waals surface area contributed by atoms with Gasteiger partial charge >= 0.3 is 5.97 Å². The molecule has 10 heavy (non-hydrogen) atoms. The SMILES string of the molecule is O=CN1CC[C@H](C(=O)O)C1. The molecule has 56 valence electrons. The Labute approximate surface area is 58.4 Å². The Morgan fingerprint density at radius 3 is 2.70 bits per heavy atom. The zero-order valence-electron chi connectivity index (χ0n) is 5.49. The molecule has 0 aromatic rings. The van der Waals surface area contributed by atoms with Crippen LogP contribution in [0.15, 0.2) is 0 Å². The normalized spacial score (nSPS) is 24.8. The van der Waals surface area contributed by atoms with Gasteiger partial charge in [0.05, 0.1) is 5.92 Å². The van der Waals surface area contributed by atoms with Gasteiger partial charge in [0.25, 0.3) is 0 Å². The molecule has 1 atom stereocenters. The van der Waals surface area contributed by atoms with E-state index in [1.54, 1.807) is 0 Å². The maximum atomic E-state index is 10.3. The topological polar surface area (TPSA) is 57.6 Å². The van der Waals surface area contributed by atoms with Crippen LogP contribution in [0.5, 0.6) is 0 Å². The van der Waals surface area contributed by atoms with E-state index in [0.717, 1.165) is 0 Å². The van der Waals surface area contributed by atoms with Crippen molar-refractivity contribution in [2.45, 2.75) is 6.42 Å². The summed E-state index contributed by atoms with van der Waals surface area (Å²) in [5.74, 6) is -1.14. The van der Waals surface area contributed by atoms with Gasteiger partial charge in [0, 0.05) is 13.1 Å². The molecule has 1 aliphatic rings. The van der Waals surface area contributed by atoms with Crippen LogP contribution in [0.1, 0.15) is 6.42 Å². The molecule has 0 aromatic heterocycles. The van der Waals surface area contributed by atoms with Gasteiger partial charge in [-0.05, 0) is 6.42 Å². The van der Waals surface area contributed by atoms with Gasteiger partial charge in [0.15, 0.2) is 0 Å². The summed E-state index contributed by atoms with van der Waals surface area (Å²) in [6, 6.07) is 0. The number of rotatable bonds is 2. The Hall–Kier alpha value is -1.06. The fourth-order valence-corrected chi connectivity index (χ4v) is 1.08. The van der Waals surface area contributed by atoms with E-state index in [2.05, 4.69) is 0 Å². The molecule has 4 nitrogen and oxygen atoms in total. The van der Waals surface area contributed by atoms with Crippen LogP contribution in [0.3, 0.4) is 0 Å². The highest BCUT2D eigenvalue weighted by atomic mass is 16.4. The number of carboxylic acids is 1. The lowest BCUT2D eigenvalue weighted by atomic mass is 10.1. The molecule has 1 N–H and O–H groups in total. The van der Waals surface area contributed by atoms with E-state index in [1.807, 2.05) is 0 Å². The summed E-state index contributed by atoms with van der Waals surface area (Å²) in [6.45, 7) is 0.958. The third-order valence-corrected chi connectivity index (χ3v) is 1.72. The first-order valence-corrected chi connectivity index (χ1v) is 3.16. The molecule has 0 unspecified atom stereocenters. The fraction of sp³-hybridized carbons (Fsp3) is 0.667. The first-order chi connectivity index (χ1) is 4.74. The third kappa shape index (κ3) is 1.26. The molecule has 0 aromatic carbocycles. The van der Waals surface area contributed by atoms with Crippen LogP contribution in [-0.2, 0) is 9.59 Å². The van der Waals surface area contributed by atoms with Gasteiger partial charge in [0.1, 0.15) is 0 Å². The number of hydrogen-bond acceptors (Lipinski definition) is 2. The molecular weight excluding hydrogens is 134 g/mol. The summed E-state index contributed by atoms with van der Waals surface area (Å²) in [4.78, 5) is 21.9. The quantitative estimate of drug-likeness (QED) is 0.532. The number of amides is 1. The van der Waals surface area contributed by atoms with E-state index in [4.69, 9.17) is 5.11 Å². The molecule has 0 bridgehead atoms. The van der Waals surface area contributed by atoms with Crippen LogP contribution in [0.2, 0.25) is 0 Å². The minimum Gasteiger partial charge on any atom is -0.481 e. The van der Waals surface area contributed by atoms with Gasteiger partial charge in [-0.25, -0.2) is 0 Å². The van der Waals surface area contributed by atoms with Gasteiger partial charge in [-0.2, -0.15) is 0 Å². The minimum absolute atomic E-state index is 0.342. The zero-order chi connectivity index (χ0) is 7.56. The predicted octanol–water partition coefficient (Wildman–Crippen LogP) is -0.451. The summed E-state index contributed by atoms with van der Waals surface area (Å²) in [6.07, 6.45) is 1.29. The van der Waals surface area contributed by atoms with Crippen LogP contribution in [-0.4, -0.2) is 35.5 Å². The molecule has 0 spiro atoms. The van der Waals surface area contributed by atoms with Crippen molar-refractivity contribution in [3.63, 3.8) is 0 Å². The number of likely N-dealkylation sites (tertiary alicyclic amines) is 1. The minimum atomic E-state index is -0.802. The third-order valence-electron chi connectivity index (χ3n) is 1.72. The Balaban J connectivity index is 2.42. The van der Waals surface area contributed by atoms with Crippen molar-refractivity contribution in [2.24, 2.45) is 5.92 Å². The first kappa shape index (κ1) is 7.05. The lowest BCUT2D eigenvalue weighted by molar-refractivity contribution is -0.141. The molecule has 1 rings (SSSR count). The average molecular weight is 143 g/mol. The lowest BCUT2D eigenvalue weighted by Gasteiger charge is -2.05. The fourth-order valence-electron chi connectivity index (χ4n) is 1.08. The van der Waals surface area contributed by atoms with Gasteiger partial charge in [-0.15, -0.1) is 0 Å². The van der Waals surface area contributed by atoms with Crippen LogP contribution in [0, 0.1) is 5.92 Å². The van der Waals surface area contributed by atoms with E-state index >= 15 is 0 Å². The summed E-state index contributed by atoms with van der Waals surface area (Å²) in [5.41, 5.74) is 0. The molecule has 1 saturated heterocycles. The number of carbonyl (C=O) groups is 2. The lowest BCUT2D eigenvalue weighted by Crippen LogP contribution is -2.21. The van der Waals surface area contributed by atoms with Crippen molar-refractivity contribution < 1.29 is 14.7 Å². The highest BCUT2D eigenvalue weighted by molar-refractivity contribution is 5.71. The number of nitrogens with zero attached hydrogens (tertiary/aromatic N) is 1. The van der Waals surface area contributed by atoms with Crippen LogP contribution < -0.4 is 0 Å². The Kier molecular flexibility index (Phi) is 1.89. The highest BCUT2D eigenvalue weighted by Gasteiger charge is 2.26. The monoisotopic (exact) mass is 143 g/mol. The van der Waals surface area contributed by atoms with E-state index in [9.17, 15) is 9.59 Å². The highest BCUT2D eigenvalue weighted by Crippen LogP contribution is 2.13. The van der Waals surface area contributed by atoms with Crippen LogP contribution in [0.4, 0.5) is 0 Å². The van der Waals surface area contributed by atoms with Crippen molar-refractivity contribution in [3.8, 4) is 0 Å². The van der Waals surface area contributed by atoms with E-state index in [1.165, 1.54) is 4.90 Å². The second-order valence-electron chi connectivity index (χ2n) is 2.42. The van der Waals surface area contributed by atoms with Gasteiger partial charge < -0.3 is 10.0 Å². The van der Waals surface area contributed by atoms with Crippen molar-refractivity contribution in [1.82, 2.24) is 4.90 Å². The maximum Gasteiger partial charge on any atom is 0.308 e. The summed E-state index contributed by atoms with van der Waals surface area (Å²) in [5, 5.41) is 8.48. The average Bonchev–Trinajstić information content (AvgIpc) is 2.34. The zero-order valence-corrected chi connectivity index (χ0v) is 5.49. The summed E-state index contributed by atoms with van der Waals surface area (Å²) >= 11 is 0. The van der Waals surface area contributed by atoms with Crippen molar-refractivity contribution in [3.05, 3.63) is 0 Å². The van der Waals surface area contributed by atoms with Crippen molar-refractivity contribution in [1.29, 1.82) is 0 Å². The Morgan fingerprint density at radius 2 is 2.40 bits per heavy atom. The number of carbonyl (C=O) groups excluding carboxylic acids is 1. The first-order valence-electron chi connectivity index (χ1n) is 3.16. The molecule has 0 saturated carbocycles. The number of aliphatic carboxylic acids is 1. The van der Waals surface area contributed by atoms with E-state index in [0.29, 0.717) is 25.9 Å². The van der Waals surface area contributed by atoms with Crippen molar-refractivity contribution >= 4 is 12.4 Å². The Morgan fingerprint density at radius 1 is 1.70 bits per heavy atom. The van der Waals surface area contributed by atoms with Gasteiger partial charge in [-0.3, -0.25) is 9.59 Å². The Bertz CT molecular complexity index is 157. The van der Waals surface area contributed by atoms with Gasteiger partial charge in [0.2, 0.25) is 6.41 Å². The van der Waals surface area contributed by atoms with Crippen molar-refractivity contribution in [2.75, 3.05) is 13.1 Å².